The van der Waals surface area contributed by atoms with E-state index in [9.17, 15) is 14.7 Å². The highest BCUT2D eigenvalue weighted by atomic mass is 32.1. The van der Waals surface area contributed by atoms with Crippen LogP contribution in [0.5, 0.6) is 0 Å². The molecule has 1 saturated carbocycles. The van der Waals surface area contributed by atoms with Crippen LogP contribution < -0.4 is 5.32 Å². The van der Waals surface area contributed by atoms with Crippen molar-refractivity contribution in [2.24, 2.45) is 0 Å². The monoisotopic (exact) mass is 509 g/mol. The first-order valence-electron chi connectivity index (χ1n) is 13.2. The topological polar surface area (TPSA) is 89.0 Å². The molecule has 1 atom stereocenters. The molecule has 2 fully saturated rings. The maximum absolute atomic E-state index is 13.6. The van der Waals surface area contributed by atoms with Gasteiger partial charge in [-0.3, -0.25) is 14.5 Å². The SMILES string of the molecule is CC(=O)N1CCC(Nc2cc3c(cn2)C2(CC2)CN(CC(O)CN2CCc4sccc4C2)C3=O)CC1. The van der Waals surface area contributed by atoms with Crippen LogP contribution in [0.25, 0.3) is 0 Å². The molecule has 0 aromatic carbocycles. The van der Waals surface area contributed by atoms with Gasteiger partial charge in [0.2, 0.25) is 5.91 Å². The lowest BCUT2D eigenvalue weighted by Crippen LogP contribution is -2.49. The van der Waals surface area contributed by atoms with Crippen molar-refractivity contribution in [1.29, 1.82) is 0 Å². The van der Waals surface area contributed by atoms with E-state index in [2.05, 4.69) is 26.6 Å². The Morgan fingerprint density at radius 3 is 2.83 bits per heavy atom. The minimum Gasteiger partial charge on any atom is -0.390 e. The number of aromatic nitrogens is 1. The highest BCUT2D eigenvalue weighted by Gasteiger charge is 2.52. The number of piperidine rings is 1. The number of hydrogen-bond acceptors (Lipinski definition) is 7. The van der Waals surface area contributed by atoms with E-state index in [1.165, 1.54) is 10.4 Å². The van der Waals surface area contributed by atoms with Gasteiger partial charge < -0.3 is 20.2 Å². The van der Waals surface area contributed by atoms with Crippen LogP contribution >= 0.6 is 11.3 Å². The number of thiophene rings is 1. The highest BCUT2D eigenvalue weighted by molar-refractivity contribution is 7.10. The number of carbonyl (C=O) groups is 2. The molecule has 0 radical (unpaired) electrons. The Hall–Kier alpha value is -2.49. The van der Waals surface area contributed by atoms with Crippen LogP contribution in [-0.4, -0.2) is 88.0 Å². The molecule has 2 amide bonds. The molecule has 192 valence electrons. The number of fused-ring (bicyclic) bond motifs is 3. The van der Waals surface area contributed by atoms with Gasteiger partial charge in [0, 0.05) is 80.8 Å². The molecule has 2 aromatic heterocycles. The van der Waals surface area contributed by atoms with Crippen molar-refractivity contribution in [2.45, 2.75) is 63.1 Å². The summed E-state index contributed by atoms with van der Waals surface area (Å²) in [5.41, 5.74) is 3.16. The Balaban J connectivity index is 1.11. The second kappa shape index (κ2) is 9.43. The van der Waals surface area contributed by atoms with Crippen LogP contribution in [0.2, 0.25) is 0 Å². The van der Waals surface area contributed by atoms with Crippen LogP contribution in [0.4, 0.5) is 5.82 Å². The van der Waals surface area contributed by atoms with Gasteiger partial charge in [0.05, 0.1) is 6.10 Å². The van der Waals surface area contributed by atoms with Gasteiger partial charge in [-0.2, -0.15) is 0 Å². The fraction of sp³-hybridized carbons (Fsp3) is 0.593. The lowest BCUT2D eigenvalue weighted by atomic mass is 9.87. The fourth-order valence-corrected chi connectivity index (χ4v) is 7.06. The zero-order valence-electron chi connectivity index (χ0n) is 20.9. The van der Waals surface area contributed by atoms with Gasteiger partial charge in [-0.15, -0.1) is 11.3 Å². The summed E-state index contributed by atoms with van der Waals surface area (Å²) in [7, 11) is 0. The maximum atomic E-state index is 13.6. The number of β-amino-alcohol motifs (C(OH)–C–C–N with tert-alkyl or cyclic N) is 1. The van der Waals surface area contributed by atoms with Crippen molar-refractivity contribution >= 4 is 29.0 Å². The van der Waals surface area contributed by atoms with Gasteiger partial charge in [-0.1, -0.05) is 0 Å². The third-order valence-electron chi connectivity index (χ3n) is 8.42. The van der Waals surface area contributed by atoms with E-state index in [-0.39, 0.29) is 23.3 Å². The first kappa shape index (κ1) is 23.9. The smallest absolute Gasteiger partial charge is 0.254 e. The summed E-state index contributed by atoms with van der Waals surface area (Å²) in [5.74, 6) is 0.845. The zero-order chi connectivity index (χ0) is 24.9. The third-order valence-corrected chi connectivity index (χ3v) is 9.44. The van der Waals surface area contributed by atoms with Gasteiger partial charge in [0.1, 0.15) is 5.82 Å². The molecule has 0 bridgehead atoms. The largest absolute Gasteiger partial charge is 0.390 e. The average Bonchev–Trinajstić information content (AvgIpc) is 3.48. The Morgan fingerprint density at radius 2 is 2.08 bits per heavy atom. The molecule has 5 heterocycles. The highest BCUT2D eigenvalue weighted by Crippen LogP contribution is 2.52. The number of carbonyl (C=O) groups excluding carboxylic acids is 2. The predicted octanol–water partition coefficient (Wildman–Crippen LogP) is 2.47. The number of rotatable bonds is 6. The summed E-state index contributed by atoms with van der Waals surface area (Å²) in [6.07, 6.45) is 6.23. The first-order chi connectivity index (χ1) is 17.4. The van der Waals surface area contributed by atoms with Crippen molar-refractivity contribution in [2.75, 3.05) is 44.6 Å². The van der Waals surface area contributed by atoms with E-state index in [1.54, 1.807) is 6.92 Å². The summed E-state index contributed by atoms with van der Waals surface area (Å²) >= 11 is 1.82. The minimum atomic E-state index is -0.572. The lowest BCUT2D eigenvalue weighted by molar-refractivity contribution is -0.129. The molecular weight excluding hydrogens is 474 g/mol. The number of nitrogens with zero attached hydrogens (tertiary/aromatic N) is 4. The molecule has 2 N–H and O–H groups in total. The number of pyridine rings is 1. The van der Waals surface area contributed by atoms with Gasteiger partial charge in [-0.25, -0.2) is 4.98 Å². The third kappa shape index (κ3) is 4.64. The zero-order valence-corrected chi connectivity index (χ0v) is 21.7. The van der Waals surface area contributed by atoms with Gasteiger partial charge in [0.15, 0.2) is 0 Å². The Morgan fingerprint density at radius 1 is 1.28 bits per heavy atom. The van der Waals surface area contributed by atoms with Crippen molar-refractivity contribution in [3.05, 3.63) is 45.3 Å². The molecule has 9 heteroatoms. The van der Waals surface area contributed by atoms with Gasteiger partial charge >= 0.3 is 0 Å². The molecule has 1 unspecified atom stereocenters. The fourth-order valence-electron chi connectivity index (χ4n) is 6.17. The lowest BCUT2D eigenvalue weighted by Gasteiger charge is -2.37. The number of hydrogen-bond donors (Lipinski definition) is 2. The molecule has 6 rings (SSSR count). The molecule has 2 aromatic rings. The van der Waals surface area contributed by atoms with Crippen LogP contribution in [0.1, 0.15) is 59.0 Å². The van der Waals surface area contributed by atoms with E-state index in [1.807, 2.05) is 33.4 Å². The molecule has 8 nitrogen and oxygen atoms in total. The summed E-state index contributed by atoms with van der Waals surface area (Å²) in [6, 6.07) is 4.34. The summed E-state index contributed by atoms with van der Waals surface area (Å²) in [5, 5.41) is 16.6. The van der Waals surface area contributed by atoms with Crippen molar-refractivity contribution < 1.29 is 14.7 Å². The van der Waals surface area contributed by atoms with E-state index in [0.29, 0.717) is 19.6 Å². The Labute approximate surface area is 216 Å². The van der Waals surface area contributed by atoms with Crippen LogP contribution in [-0.2, 0) is 23.2 Å². The van der Waals surface area contributed by atoms with E-state index in [0.717, 1.165) is 75.2 Å². The second-order valence-corrected chi connectivity index (χ2v) is 12.0. The van der Waals surface area contributed by atoms with Crippen molar-refractivity contribution in [1.82, 2.24) is 19.7 Å². The Bertz CT molecular complexity index is 1150. The number of amides is 2. The van der Waals surface area contributed by atoms with E-state index in [4.69, 9.17) is 0 Å². The molecule has 1 spiro atoms. The Kier molecular flexibility index (Phi) is 6.25. The molecular formula is C27H35N5O3S. The molecule has 3 aliphatic heterocycles. The number of aliphatic hydroxyl groups is 1. The summed E-state index contributed by atoms with van der Waals surface area (Å²) in [4.78, 5) is 37.4. The predicted molar refractivity (Wildman–Crippen MR) is 139 cm³/mol. The normalized spacial score (nSPS) is 22.3. The standard InChI is InChI=1S/C27H35N5O3S/c1-18(33)31-9-2-20(3-10-31)29-25-12-22-23(13-28-25)27(6-7-27)17-32(26(22)35)16-21(34)15-30-8-4-24-19(14-30)5-11-36-24/h5,11-13,20-21,34H,2-4,6-10,14-17H2,1H3,(H,28,29). The van der Waals surface area contributed by atoms with E-state index >= 15 is 0 Å². The van der Waals surface area contributed by atoms with Crippen LogP contribution in [0, 0.1) is 0 Å². The van der Waals surface area contributed by atoms with Crippen LogP contribution in [0.15, 0.2) is 23.7 Å². The molecule has 4 aliphatic rings. The minimum absolute atomic E-state index is 0.00196. The average molecular weight is 510 g/mol. The van der Waals surface area contributed by atoms with Gasteiger partial charge in [-0.05, 0) is 60.7 Å². The van der Waals surface area contributed by atoms with Crippen molar-refractivity contribution in [3.63, 3.8) is 0 Å². The molecule has 1 saturated heterocycles. The number of likely N-dealkylation sites (tertiary alicyclic amines) is 1. The van der Waals surface area contributed by atoms with E-state index < -0.39 is 6.10 Å². The van der Waals surface area contributed by atoms with Crippen LogP contribution in [0.3, 0.4) is 0 Å². The first-order valence-corrected chi connectivity index (χ1v) is 14.1. The maximum Gasteiger partial charge on any atom is 0.254 e. The summed E-state index contributed by atoms with van der Waals surface area (Å²) in [6.45, 7) is 6.56. The van der Waals surface area contributed by atoms with Crippen molar-refractivity contribution in [3.8, 4) is 0 Å². The number of aliphatic hydroxyl groups excluding tert-OH is 1. The number of anilines is 1. The molecule has 1 aliphatic carbocycles. The quantitative estimate of drug-likeness (QED) is 0.622. The van der Waals surface area contributed by atoms with Gasteiger partial charge in [0.25, 0.3) is 5.91 Å². The number of nitrogens with one attached hydrogen (secondary N) is 1. The summed E-state index contributed by atoms with van der Waals surface area (Å²) < 4.78 is 0. The second-order valence-electron chi connectivity index (χ2n) is 11.0. The molecule has 36 heavy (non-hydrogen) atoms.